The number of aromatic amines is 1. The molecule has 0 amide bonds. The summed E-state index contributed by atoms with van der Waals surface area (Å²) >= 11 is 0. The normalized spacial score (nSPS) is 16.1. The van der Waals surface area contributed by atoms with Gasteiger partial charge in [-0.15, -0.1) is 0 Å². The van der Waals surface area contributed by atoms with Crippen LogP contribution in [-0.4, -0.2) is 55.0 Å². The first-order valence-corrected chi connectivity index (χ1v) is 11.4. The molecule has 1 aliphatic heterocycles. The second-order valence-electron chi connectivity index (χ2n) is 8.75. The van der Waals surface area contributed by atoms with Crippen LogP contribution in [0.1, 0.15) is 35.2 Å². The number of aliphatic imine (C=N–C) groups is 1. The lowest BCUT2D eigenvalue weighted by molar-refractivity contribution is 0.234. The molecule has 172 valence electrons. The van der Waals surface area contributed by atoms with Crippen molar-refractivity contribution in [3.05, 3.63) is 71.0 Å². The van der Waals surface area contributed by atoms with E-state index in [9.17, 15) is 0 Å². The van der Waals surface area contributed by atoms with Gasteiger partial charge in [0, 0.05) is 59.8 Å². The quantitative estimate of drug-likeness (QED) is 0.284. The largest absolute Gasteiger partial charge is 0.404 e. The van der Waals surface area contributed by atoms with E-state index in [0.717, 1.165) is 47.4 Å². The smallest absolute Gasteiger partial charge is 0.0868 e. The summed E-state index contributed by atoms with van der Waals surface area (Å²) in [6.07, 6.45) is 5.59. The molecule has 7 heteroatoms. The van der Waals surface area contributed by atoms with Gasteiger partial charge in [0.25, 0.3) is 0 Å². The van der Waals surface area contributed by atoms with E-state index >= 15 is 0 Å². The van der Waals surface area contributed by atoms with Crippen LogP contribution in [0.3, 0.4) is 0 Å². The minimum Gasteiger partial charge on any atom is -0.404 e. The third-order valence-electron chi connectivity index (χ3n) is 6.37. The molecule has 0 saturated carbocycles. The third-order valence-corrected chi connectivity index (χ3v) is 6.37. The van der Waals surface area contributed by atoms with Crippen LogP contribution >= 0.6 is 0 Å². The van der Waals surface area contributed by atoms with Crippen LogP contribution in [0.15, 0.2) is 53.7 Å². The van der Waals surface area contributed by atoms with Crippen molar-refractivity contribution in [1.29, 1.82) is 5.41 Å². The summed E-state index contributed by atoms with van der Waals surface area (Å²) in [5.74, 6) is 0. The fourth-order valence-electron chi connectivity index (χ4n) is 4.35. The second-order valence-corrected chi connectivity index (χ2v) is 8.75. The lowest BCUT2D eigenvalue weighted by atomic mass is 9.99. The van der Waals surface area contributed by atoms with Gasteiger partial charge in [0.1, 0.15) is 0 Å². The highest BCUT2D eigenvalue weighted by Gasteiger charge is 2.16. The minimum absolute atomic E-state index is 0.348. The molecular formula is C26H33N7. The van der Waals surface area contributed by atoms with Crippen molar-refractivity contribution in [3.8, 4) is 0 Å². The molecule has 4 rings (SSSR count). The van der Waals surface area contributed by atoms with Gasteiger partial charge in [-0.2, -0.15) is 0 Å². The summed E-state index contributed by atoms with van der Waals surface area (Å²) < 4.78 is 0. The highest BCUT2D eigenvalue weighted by Crippen LogP contribution is 2.24. The highest BCUT2D eigenvalue weighted by atomic mass is 15.1. The molecule has 1 aromatic heterocycles. The Labute approximate surface area is 195 Å². The summed E-state index contributed by atoms with van der Waals surface area (Å²) in [6.45, 7) is 3.15. The van der Waals surface area contributed by atoms with Crippen LogP contribution in [0, 0.1) is 5.41 Å². The molecule has 0 unspecified atom stereocenters. The van der Waals surface area contributed by atoms with E-state index in [2.05, 4.69) is 45.4 Å². The second kappa shape index (κ2) is 10.0. The maximum Gasteiger partial charge on any atom is 0.0868 e. The number of hydrogen-bond donors (Lipinski definition) is 5. The Morgan fingerprint density at radius 1 is 1.21 bits per heavy atom. The Balaban J connectivity index is 1.53. The number of H-pyrrole nitrogens is 1. The zero-order chi connectivity index (χ0) is 23.4. The minimum atomic E-state index is 0.348. The molecule has 3 aromatic rings. The molecule has 0 bridgehead atoms. The Bertz CT molecular complexity index is 1200. The summed E-state index contributed by atoms with van der Waals surface area (Å²) in [5, 5.41) is 13.6. The van der Waals surface area contributed by atoms with E-state index < -0.39 is 0 Å². The van der Waals surface area contributed by atoms with Gasteiger partial charge in [0.05, 0.1) is 11.4 Å². The predicted molar refractivity (Wildman–Crippen MR) is 139 cm³/mol. The number of nitrogens with two attached hydrogens (primary N) is 2. The topological polar surface area (TPSA) is 119 Å². The Hall–Kier alpha value is -3.42. The molecule has 33 heavy (non-hydrogen) atoms. The molecule has 2 heterocycles. The van der Waals surface area contributed by atoms with E-state index in [0.29, 0.717) is 23.0 Å². The molecule has 0 spiro atoms. The number of nitrogens with zero attached hydrogens (tertiary/aromatic N) is 2. The van der Waals surface area contributed by atoms with E-state index in [1.807, 2.05) is 24.3 Å². The van der Waals surface area contributed by atoms with Crippen molar-refractivity contribution in [3.63, 3.8) is 0 Å². The van der Waals surface area contributed by atoms with Crippen LogP contribution in [0.5, 0.6) is 0 Å². The first-order valence-electron chi connectivity index (χ1n) is 11.4. The number of nitrogen functional groups attached to an aromatic ring is 1. The zero-order valence-electron chi connectivity index (χ0n) is 19.4. The fraction of sp³-hybridized carbons (Fsp3) is 0.308. The summed E-state index contributed by atoms with van der Waals surface area (Å²) in [4.78, 5) is 9.81. The first-order chi connectivity index (χ1) is 16.0. The zero-order valence-corrected chi connectivity index (χ0v) is 19.4. The number of fused-ring (bicyclic) bond motifs is 1. The van der Waals surface area contributed by atoms with Crippen molar-refractivity contribution in [2.45, 2.75) is 25.4 Å². The molecule has 0 atom stereocenters. The van der Waals surface area contributed by atoms with Crippen LogP contribution < -0.4 is 16.8 Å². The summed E-state index contributed by atoms with van der Waals surface area (Å²) in [7, 11) is 3.88. The number of allylic oxidation sites excluding steroid dienone is 1. The number of piperidine rings is 1. The molecule has 2 aromatic carbocycles. The summed E-state index contributed by atoms with van der Waals surface area (Å²) in [5.41, 5.74) is 18.2. The Morgan fingerprint density at radius 3 is 2.73 bits per heavy atom. The van der Waals surface area contributed by atoms with Crippen molar-refractivity contribution < 1.29 is 0 Å². The summed E-state index contributed by atoms with van der Waals surface area (Å²) in [6, 6.07) is 14.6. The van der Waals surface area contributed by atoms with Gasteiger partial charge in [-0.1, -0.05) is 12.1 Å². The number of rotatable bonds is 7. The van der Waals surface area contributed by atoms with Gasteiger partial charge in [0.2, 0.25) is 0 Å². The number of hydrogen-bond acceptors (Lipinski definition) is 6. The monoisotopic (exact) mass is 443 g/mol. The molecule has 0 radical (unpaired) electrons. The van der Waals surface area contributed by atoms with Crippen LogP contribution in [0.2, 0.25) is 0 Å². The van der Waals surface area contributed by atoms with Gasteiger partial charge in [-0.3, -0.25) is 10.4 Å². The first kappa shape index (κ1) is 22.8. The van der Waals surface area contributed by atoms with Crippen LogP contribution in [-0.2, 0) is 6.54 Å². The van der Waals surface area contributed by atoms with Crippen molar-refractivity contribution >= 4 is 34.1 Å². The number of aromatic nitrogens is 1. The van der Waals surface area contributed by atoms with Gasteiger partial charge in [-0.25, -0.2) is 0 Å². The number of anilines is 1. The standard InChI is InChI=1S/C26H33N7/c1-30-16-20(14-27)18-4-5-23(28)22(12-18)26(29)25-13-19-11-17(3-6-24(19)32-25)15-31-21-7-9-33(2)10-8-21/h3-6,11-14,16,21,29,31-32H,7-10,15,27-28H2,1-2H3/b20-14+,29-26?,30-16?. The van der Waals surface area contributed by atoms with Crippen molar-refractivity contribution in [2.75, 3.05) is 32.9 Å². The number of likely N-dealkylation sites (tertiary alicyclic amines) is 1. The maximum absolute atomic E-state index is 8.81. The molecule has 0 aliphatic carbocycles. The van der Waals surface area contributed by atoms with E-state index in [1.165, 1.54) is 24.6 Å². The van der Waals surface area contributed by atoms with E-state index in [4.69, 9.17) is 16.9 Å². The fourth-order valence-corrected chi connectivity index (χ4v) is 4.35. The van der Waals surface area contributed by atoms with E-state index in [-0.39, 0.29) is 0 Å². The van der Waals surface area contributed by atoms with Gasteiger partial charge in [0.15, 0.2) is 0 Å². The SMILES string of the molecule is CN=C/C(=C\N)c1ccc(N)c(C(=N)c2cc3cc(CNC4CCN(C)CC4)ccc3[nH]2)c1. The number of nitrogens with one attached hydrogen (secondary N) is 3. The molecule has 7 N–H and O–H groups in total. The third kappa shape index (κ3) is 5.16. The van der Waals surface area contributed by atoms with E-state index in [1.54, 1.807) is 13.3 Å². The van der Waals surface area contributed by atoms with Crippen LogP contribution in [0.25, 0.3) is 16.5 Å². The van der Waals surface area contributed by atoms with Gasteiger partial charge >= 0.3 is 0 Å². The molecule has 1 fully saturated rings. The maximum atomic E-state index is 8.81. The Morgan fingerprint density at radius 2 is 2.00 bits per heavy atom. The molecule has 1 aliphatic rings. The van der Waals surface area contributed by atoms with Crippen molar-refractivity contribution in [2.24, 2.45) is 10.7 Å². The van der Waals surface area contributed by atoms with Gasteiger partial charge in [-0.05, 0) is 74.4 Å². The predicted octanol–water partition coefficient (Wildman–Crippen LogP) is 3.35. The molecule has 7 nitrogen and oxygen atoms in total. The average Bonchev–Trinajstić information content (AvgIpc) is 3.26. The number of benzene rings is 2. The molecular weight excluding hydrogens is 410 g/mol. The average molecular weight is 444 g/mol. The van der Waals surface area contributed by atoms with Crippen molar-refractivity contribution in [1.82, 2.24) is 15.2 Å². The highest BCUT2D eigenvalue weighted by molar-refractivity contribution is 6.16. The van der Waals surface area contributed by atoms with Crippen LogP contribution in [0.4, 0.5) is 5.69 Å². The molecule has 1 saturated heterocycles. The van der Waals surface area contributed by atoms with Gasteiger partial charge < -0.3 is 26.7 Å². The lowest BCUT2D eigenvalue weighted by Crippen LogP contribution is -2.40. The lowest BCUT2D eigenvalue weighted by Gasteiger charge is -2.29. The Kier molecular flexibility index (Phi) is 6.91.